The predicted octanol–water partition coefficient (Wildman–Crippen LogP) is 2.33. The third-order valence-corrected chi connectivity index (χ3v) is 4.45. The molecular formula is C13H23N5OS. The van der Waals surface area contributed by atoms with Crippen LogP contribution in [-0.2, 0) is 0 Å². The average molecular weight is 297 g/mol. The first-order valence-electron chi connectivity index (χ1n) is 7.15. The van der Waals surface area contributed by atoms with E-state index in [1.54, 1.807) is 0 Å². The number of nitrogen functional groups attached to an aromatic ring is 1. The van der Waals surface area contributed by atoms with Gasteiger partial charge in [0.05, 0.1) is 6.61 Å². The van der Waals surface area contributed by atoms with Crippen molar-refractivity contribution in [3.8, 4) is 6.01 Å². The number of nitrogens with zero attached hydrogens (tertiary/aromatic N) is 3. The second kappa shape index (κ2) is 7.52. The fourth-order valence-corrected chi connectivity index (χ4v) is 3.19. The molecule has 112 valence electrons. The van der Waals surface area contributed by atoms with Gasteiger partial charge in [-0.15, -0.1) is 0 Å². The number of aromatic nitrogens is 3. The molecule has 1 aromatic rings. The average Bonchev–Trinajstić information content (AvgIpc) is 2.44. The maximum atomic E-state index is 5.70. The van der Waals surface area contributed by atoms with Crippen LogP contribution in [0.3, 0.4) is 0 Å². The monoisotopic (exact) mass is 297 g/mol. The Bertz CT molecular complexity index is 431. The Morgan fingerprint density at radius 3 is 2.95 bits per heavy atom. The van der Waals surface area contributed by atoms with Crippen molar-refractivity contribution in [1.82, 2.24) is 15.0 Å². The highest BCUT2D eigenvalue weighted by molar-refractivity contribution is 7.99. The van der Waals surface area contributed by atoms with E-state index in [4.69, 9.17) is 10.5 Å². The quantitative estimate of drug-likeness (QED) is 0.833. The van der Waals surface area contributed by atoms with Gasteiger partial charge in [-0.1, -0.05) is 13.3 Å². The molecule has 0 aromatic carbocycles. The van der Waals surface area contributed by atoms with E-state index >= 15 is 0 Å². The fourth-order valence-electron chi connectivity index (χ4n) is 2.37. The zero-order valence-corrected chi connectivity index (χ0v) is 12.9. The molecule has 0 amide bonds. The van der Waals surface area contributed by atoms with Crippen LogP contribution in [0.15, 0.2) is 0 Å². The second-order valence-corrected chi connectivity index (χ2v) is 6.15. The van der Waals surface area contributed by atoms with E-state index in [0.29, 0.717) is 24.6 Å². The molecule has 0 saturated heterocycles. The summed E-state index contributed by atoms with van der Waals surface area (Å²) >= 11 is 1.93. The van der Waals surface area contributed by atoms with Crippen LogP contribution in [0.2, 0.25) is 0 Å². The molecular weight excluding hydrogens is 274 g/mol. The van der Waals surface area contributed by atoms with Gasteiger partial charge in [-0.05, 0) is 31.9 Å². The number of nitrogens with one attached hydrogen (secondary N) is 1. The molecule has 1 saturated carbocycles. The minimum absolute atomic E-state index is 0.200. The molecule has 7 heteroatoms. The normalized spacial score (nSPS) is 22.5. The molecule has 20 heavy (non-hydrogen) atoms. The zero-order valence-electron chi connectivity index (χ0n) is 12.1. The van der Waals surface area contributed by atoms with Crippen molar-refractivity contribution < 1.29 is 4.74 Å². The molecule has 0 radical (unpaired) electrons. The van der Waals surface area contributed by atoms with Gasteiger partial charge in [0.1, 0.15) is 0 Å². The van der Waals surface area contributed by atoms with E-state index in [-0.39, 0.29) is 5.95 Å². The molecule has 3 N–H and O–H groups in total. The van der Waals surface area contributed by atoms with E-state index in [9.17, 15) is 0 Å². The van der Waals surface area contributed by atoms with Gasteiger partial charge in [0.2, 0.25) is 11.9 Å². The SMILES string of the molecule is CCCOc1nc(N)nc(NC2CCCC(SC)C2)n1. The Morgan fingerprint density at radius 1 is 1.35 bits per heavy atom. The first kappa shape index (κ1) is 15.2. The van der Waals surface area contributed by atoms with Crippen LogP contribution in [0.1, 0.15) is 39.0 Å². The van der Waals surface area contributed by atoms with Gasteiger partial charge in [-0.25, -0.2) is 0 Å². The number of anilines is 2. The predicted molar refractivity (Wildman–Crippen MR) is 83.2 cm³/mol. The van der Waals surface area contributed by atoms with Crippen molar-refractivity contribution in [1.29, 1.82) is 0 Å². The Balaban J connectivity index is 1.99. The van der Waals surface area contributed by atoms with Gasteiger partial charge in [0, 0.05) is 11.3 Å². The molecule has 1 aromatic heterocycles. The summed E-state index contributed by atoms with van der Waals surface area (Å²) in [5, 5.41) is 4.09. The molecule has 1 aliphatic rings. The summed E-state index contributed by atoms with van der Waals surface area (Å²) in [5.74, 6) is 0.723. The standard InChI is InChI=1S/C13H23N5OS/c1-3-7-19-13-17-11(14)16-12(18-13)15-9-5-4-6-10(8-9)20-2/h9-10H,3-8H2,1-2H3,(H3,14,15,16,17,18). The topological polar surface area (TPSA) is 86.0 Å². The highest BCUT2D eigenvalue weighted by atomic mass is 32.2. The number of hydrogen-bond donors (Lipinski definition) is 2. The van der Waals surface area contributed by atoms with Crippen LogP contribution in [0.5, 0.6) is 6.01 Å². The minimum atomic E-state index is 0.200. The van der Waals surface area contributed by atoms with Crippen molar-refractivity contribution in [3.05, 3.63) is 0 Å². The third kappa shape index (κ3) is 4.40. The molecule has 1 aliphatic carbocycles. The Morgan fingerprint density at radius 2 is 2.20 bits per heavy atom. The molecule has 6 nitrogen and oxygen atoms in total. The maximum Gasteiger partial charge on any atom is 0.323 e. The number of hydrogen-bond acceptors (Lipinski definition) is 7. The lowest BCUT2D eigenvalue weighted by atomic mass is 9.95. The van der Waals surface area contributed by atoms with E-state index < -0.39 is 0 Å². The summed E-state index contributed by atoms with van der Waals surface area (Å²) in [4.78, 5) is 12.4. The highest BCUT2D eigenvalue weighted by Gasteiger charge is 2.22. The lowest BCUT2D eigenvalue weighted by molar-refractivity contribution is 0.292. The van der Waals surface area contributed by atoms with E-state index in [1.807, 2.05) is 18.7 Å². The van der Waals surface area contributed by atoms with Crippen molar-refractivity contribution >= 4 is 23.7 Å². The smallest absolute Gasteiger partial charge is 0.323 e. The van der Waals surface area contributed by atoms with Gasteiger partial charge < -0.3 is 15.8 Å². The molecule has 0 aliphatic heterocycles. The third-order valence-electron chi connectivity index (χ3n) is 3.36. The summed E-state index contributed by atoms with van der Waals surface area (Å²) in [5.41, 5.74) is 5.70. The van der Waals surface area contributed by atoms with Crippen LogP contribution >= 0.6 is 11.8 Å². The first-order valence-corrected chi connectivity index (χ1v) is 8.43. The number of ether oxygens (including phenoxy) is 1. The number of rotatable bonds is 6. The largest absolute Gasteiger partial charge is 0.463 e. The van der Waals surface area contributed by atoms with Gasteiger partial charge in [0.25, 0.3) is 0 Å². The van der Waals surface area contributed by atoms with E-state index in [0.717, 1.165) is 24.5 Å². The van der Waals surface area contributed by atoms with Crippen molar-refractivity contribution in [2.75, 3.05) is 23.9 Å². The number of thioether (sulfide) groups is 1. The molecule has 2 unspecified atom stereocenters. The molecule has 1 heterocycles. The highest BCUT2D eigenvalue weighted by Crippen LogP contribution is 2.28. The van der Waals surface area contributed by atoms with Crippen molar-refractivity contribution in [2.24, 2.45) is 0 Å². The van der Waals surface area contributed by atoms with Crippen molar-refractivity contribution in [2.45, 2.75) is 50.3 Å². The fraction of sp³-hybridized carbons (Fsp3) is 0.769. The second-order valence-electron chi connectivity index (χ2n) is 5.01. The van der Waals surface area contributed by atoms with Crippen LogP contribution in [-0.4, -0.2) is 39.1 Å². The van der Waals surface area contributed by atoms with Crippen LogP contribution in [0, 0.1) is 0 Å². The summed E-state index contributed by atoms with van der Waals surface area (Å²) in [7, 11) is 0. The molecule has 0 spiro atoms. The first-order chi connectivity index (χ1) is 9.71. The molecule has 0 bridgehead atoms. The molecule has 2 atom stereocenters. The van der Waals surface area contributed by atoms with E-state index in [2.05, 4.69) is 26.5 Å². The van der Waals surface area contributed by atoms with Crippen LogP contribution in [0.25, 0.3) is 0 Å². The van der Waals surface area contributed by atoms with Gasteiger partial charge in [-0.3, -0.25) is 0 Å². The Hall–Kier alpha value is -1.24. The summed E-state index contributed by atoms with van der Waals surface area (Å²) in [6, 6.07) is 0.709. The van der Waals surface area contributed by atoms with E-state index in [1.165, 1.54) is 12.8 Å². The number of nitrogens with two attached hydrogens (primary N) is 1. The lowest BCUT2D eigenvalue weighted by Crippen LogP contribution is -2.29. The molecule has 1 fully saturated rings. The van der Waals surface area contributed by atoms with Gasteiger partial charge in [-0.2, -0.15) is 26.7 Å². The zero-order chi connectivity index (χ0) is 14.4. The van der Waals surface area contributed by atoms with Crippen LogP contribution < -0.4 is 15.8 Å². The van der Waals surface area contributed by atoms with Gasteiger partial charge in [0.15, 0.2) is 0 Å². The Labute approximate surface area is 124 Å². The molecule has 2 rings (SSSR count). The summed E-state index contributed by atoms with van der Waals surface area (Å²) in [6.45, 7) is 2.62. The lowest BCUT2D eigenvalue weighted by Gasteiger charge is -2.28. The van der Waals surface area contributed by atoms with Crippen LogP contribution in [0.4, 0.5) is 11.9 Å². The summed E-state index contributed by atoms with van der Waals surface area (Å²) in [6.07, 6.45) is 7.90. The van der Waals surface area contributed by atoms with Gasteiger partial charge >= 0.3 is 6.01 Å². The summed E-state index contributed by atoms with van der Waals surface area (Å²) < 4.78 is 5.42. The Kier molecular flexibility index (Phi) is 5.70. The minimum Gasteiger partial charge on any atom is -0.463 e. The van der Waals surface area contributed by atoms with Crippen molar-refractivity contribution in [3.63, 3.8) is 0 Å². The maximum absolute atomic E-state index is 5.70.